The van der Waals surface area contributed by atoms with Crippen LogP contribution in [0.25, 0.3) is 0 Å². The van der Waals surface area contributed by atoms with Gasteiger partial charge in [-0.25, -0.2) is 13.6 Å². The molecule has 1 aliphatic rings. The number of piperidine rings is 1. The number of hydrogen-bond acceptors (Lipinski definition) is 5. The molecule has 0 bridgehead atoms. The summed E-state index contributed by atoms with van der Waals surface area (Å²) in [5.41, 5.74) is 2.39. The Morgan fingerprint density at radius 3 is 1.83 bits per heavy atom. The Balaban J connectivity index is 1.58. The number of ether oxygens (including phenoxy) is 1. The molecule has 6 nitrogen and oxygen atoms in total. The normalized spacial score (nSPS) is 18.1. The molecule has 2 unspecified atom stereocenters. The lowest BCUT2D eigenvalue weighted by Crippen LogP contribution is -2.63. The van der Waals surface area contributed by atoms with E-state index in [1.165, 1.54) is 17.0 Å². The Bertz CT molecular complexity index is 1580. The molecule has 4 aromatic carbocycles. The Hall–Kier alpha value is -4.40. The molecule has 1 N–H and O–H groups in total. The quantitative estimate of drug-likeness (QED) is 0.183. The van der Waals surface area contributed by atoms with Crippen LogP contribution in [-0.4, -0.2) is 57.1 Å². The van der Waals surface area contributed by atoms with Crippen LogP contribution in [0.1, 0.15) is 49.4 Å². The third-order valence-electron chi connectivity index (χ3n) is 8.71. The van der Waals surface area contributed by atoms with Crippen LogP contribution in [0.5, 0.6) is 0 Å². The molecule has 252 valence electrons. The van der Waals surface area contributed by atoms with Gasteiger partial charge in [0.1, 0.15) is 23.3 Å². The molecule has 0 spiro atoms. The maximum absolute atomic E-state index is 14.5. The first-order valence-electron chi connectivity index (χ1n) is 16.5. The highest BCUT2D eigenvalue weighted by Crippen LogP contribution is 2.31. The van der Waals surface area contributed by atoms with Crippen LogP contribution in [-0.2, 0) is 35.5 Å². The Morgan fingerprint density at radius 1 is 0.833 bits per heavy atom. The molecule has 8 heteroatoms. The molecule has 1 amide bonds. The van der Waals surface area contributed by atoms with Crippen molar-refractivity contribution in [3.63, 3.8) is 0 Å². The number of aliphatic hydroxyl groups excluding tert-OH is 1. The van der Waals surface area contributed by atoms with Crippen molar-refractivity contribution in [1.82, 2.24) is 9.80 Å². The Kier molecular flexibility index (Phi) is 11.4. The second kappa shape index (κ2) is 15.7. The van der Waals surface area contributed by atoms with Crippen LogP contribution in [0.15, 0.2) is 109 Å². The van der Waals surface area contributed by atoms with Gasteiger partial charge in [-0.15, -0.1) is 0 Å². The molecule has 0 saturated carbocycles. The zero-order valence-corrected chi connectivity index (χ0v) is 27.8. The van der Waals surface area contributed by atoms with Gasteiger partial charge in [0.2, 0.25) is 0 Å². The van der Waals surface area contributed by atoms with Gasteiger partial charge < -0.3 is 9.84 Å². The molecular formula is C40H44F2N2O4. The maximum atomic E-state index is 14.5. The molecule has 0 aliphatic carbocycles. The molecule has 48 heavy (non-hydrogen) atoms. The van der Waals surface area contributed by atoms with Gasteiger partial charge in [0, 0.05) is 37.7 Å². The van der Waals surface area contributed by atoms with Crippen molar-refractivity contribution in [3.8, 4) is 0 Å². The summed E-state index contributed by atoms with van der Waals surface area (Å²) in [6.45, 7) is 6.21. The van der Waals surface area contributed by atoms with Crippen LogP contribution in [0.3, 0.4) is 0 Å². The van der Waals surface area contributed by atoms with E-state index in [1.54, 1.807) is 20.8 Å². The summed E-state index contributed by atoms with van der Waals surface area (Å²) in [7, 11) is 0. The minimum Gasteiger partial charge on any atom is -0.444 e. The van der Waals surface area contributed by atoms with Crippen LogP contribution >= 0.6 is 0 Å². The highest BCUT2D eigenvalue weighted by atomic mass is 19.1. The zero-order chi connectivity index (χ0) is 34.3. The van der Waals surface area contributed by atoms with E-state index in [0.717, 1.165) is 22.8 Å². The van der Waals surface area contributed by atoms with Crippen LogP contribution in [0.4, 0.5) is 13.6 Å². The van der Waals surface area contributed by atoms with E-state index in [-0.39, 0.29) is 18.7 Å². The van der Waals surface area contributed by atoms with E-state index >= 15 is 0 Å². The van der Waals surface area contributed by atoms with Crippen molar-refractivity contribution in [2.75, 3.05) is 6.54 Å². The van der Waals surface area contributed by atoms with Gasteiger partial charge in [-0.2, -0.15) is 0 Å². The Morgan fingerprint density at radius 2 is 1.33 bits per heavy atom. The molecule has 4 aromatic rings. The highest BCUT2D eigenvalue weighted by Gasteiger charge is 2.47. The molecule has 0 radical (unpaired) electrons. The van der Waals surface area contributed by atoms with E-state index in [4.69, 9.17) is 4.74 Å². The van der Waals surface area contributed by atoms with E-state index in [2.05, 4.69) is 0 Å². The number of halogens is 2. The van der Waals surface area contributed by atoms with Gasteiger partial charge in [-0.05, 0) is 74.4 Å². The molecule has 1 fully saturated rings. The van der Waals surface area contributed by atoms with E-state index in [0.29, 0.717) is 31.5 Å². The minimum absolute atomic E-state index is 0.0187. The number of carbonyl (C=O) groups is 2. The first kappa shape index (κ1) is 34.9. The standard InChI is InChI=1S/C40H44F2N2O4/c1-40(2,3)48-39(47)44-20-19-32(21-28-13-7-4-8-14-28)37(45)36(44)38(46)35(24-31-22-33(41)25-34(42)23-31)43(26-29-15-9-5-10-16-29)27-30-17-11-6-12-18-30/h4-18,22-23,25,32,35-36,38,46H,19-21,24,26-27H2,1-3H3/t32?,35?,36-,38+/m1/s1. The van der Waals surface area contributed by atoms with Crippen molar-refractivity contribution in [1.29, 1.82) is 0 Å². The SMILES string of the molecule is CC(C)(C)OC(=O)N1CCC(Cc2ccccc2)C(=O)[C@@H]1[C@@H](O)C(Cc1cc(F)cc(F)c1)N(Cc1ccccc1)Cc1ccccc1. The maximum Gasteiger partial charge on any atom is 0.410 e. The summed E-state index contributed by atoms with van der Waals surface area (Å²) in [4.78, 5) is 31.6. The lowest BCUT2D eigenvalue weighted by molar-refractivity contribution is -0.139. The molecule has 4 atom stereocenters. The summed E-state index contributed by atoms with van der Waals surface area (Å²) in [6, 6.07) is 30.3. The van der Waals surface area contributed by atoms with Crippen molar-refractivity contribution >= 4 is 11.9 Å². The topological polar surface area (TPSA) is 70.1 Å². The second-order valence-electron chi connectivity index (χ2n) is 13.6. The fourth-order valence-corrected chi connectivity index (χ4v) is 6.52. The Labute approximate surface area is 282 Å². The lowest BCUT2D eigenvalue weighted by atomic mass is 9.80. The van der Waals surface area contributed by atoms with Gasteiger partial charge in [-0.1, -0.05) is 91.0 Å². The average Bonchev–Trinajstić information content (AvgIpc) is 3.04. The van der Waals surface area contributed by atoms with Crippen molar-refractivity contribution in [2.45, 2.75) is 76.9 Å². The van der Waals surface area contributed by atoms with Crippen LogP contribution < -0.4 is 0 Å². The van der Waals surface area contributed by atoms with Crippen LogP contribution in [0, 0.1) is 17.6 Å². The van der Waals surface area contributed by atoms with Gasteiger partial charge in [-0.3, -0.25) is 14.6 Å². The summed E-state index contributed by atoms with van der Waals surface area (Å²) >= 11 is 0. The minimum atomic E-state index is -1.43. The smallest absolute Gasteiger partial charge is 0.410 e. The van der Waals surface area contributed by atoms with E-state index in [9.17, 15) is 23.5 Å². The number of amides is 1. The molecular weight excluding hydrogens is 610 g/mol. The van der Waals surface area contributed by atoms with E-state index in [1.807, 2.05) is 95.9 Å². The number of likely N-dealkylation sites (tertiary alicyclic amines) is 1. The number of benzene rings is 4. The van der Waals surface area contributed by atoms with Gasteiger partial charge in [0.25, 0.3) is 0 Å². The molecule has 0 aromatic heterocycles. The summed E-state index contributed by atoms with van der Waals surface area (Å²) < 4.78 is 34.8. The summed E-state index contributed by atoms with van der Waals surface area (Å²) in [5.74, 6) is -2.18. The number of nitrogens with zero attached hydrogens (tertiary/aromatic N) is 2. The molecule has 1 aliphatic heterocycles. The molecule has 1 heterocycles. The zero-order valence-electron chi connectivity index (χ0n) is 27.8. The fourth-order valence-electron chi connectivity index (χ4n) is 6.52. The predicted octanol–water partition coefficient (Wildman–Crippen LogP) is 7.38. The van der Waals surface area contributed by atoms with Crippen LogP contribution in [0.2, 0.25) is 0 Å². The summed E-state index contributed by atoms with van der Waals surface area (Å²) in [6.07, 6.45) is -1.23. The first-order valence-corrected chi connectivity index (χ1v) is 16.5. The summed E-state index contributed by atoms with van der Waals surface area (Å²) in [5, 5.41) is 12.5. The third-order valence-corrected chi connectivity index (χ3v) is 8.71. The monoisotopic (exact) mass is 654 g/mol. The van der Waals surface area contributed by atoms with Crippen molar-refractivity contribution in [3.05, 3.63) is 143 Å². The average molecular weight is 655 g/mol. The highest BCUT2D eigenvalue weighted by molar-refractivity contribution is 5.91. The van der Waals surface area contributed by atoms with Crippen molar-refractivity contribution in [2.24, 2.45) is 5.92 Å². The van der Waals surface area contributed by atoms with Crippen molar-refractivity contribution < 1.29 is 28.2 Å². The second-order valence-corrected chi connectivity index (χ2v) is 13.6. The fraction of sp³-hybridized carbons (Fsp3) is 0.350. The number of rotatable bonds is 11. The predicted molar refractivity (Wildman–Crippen MR) is 182 cm³/mol. The number of hydrogen-bond donors (Lipinski definition) is 1. The first-order chi connectivity index (χ1) is 23.0. The van der Waals surface area contributed by atoms with Gasteiger partial charge in [0.15, 0.2) is 5.78 Å². The molecule has 5 rings (SSSR count). The lowest BCUT2D eigenvalue weighted by Gasteiger charge is -2.45. The number of aliphatic hydroxyl groups is 1. The number of ketones is 1. The number of carbonyl (C=O) groups excluding carboxylic acids is 2. The van der Waals surface area contributed by atoms with Gasteiger partial charge in [0.05, 0.1) is 6.10 Å². The molecule has 1 saturated heterocycles. The van der Waals surface area contributed by atoms with E-state index < -0.39 is 47.4 Å². The third kappa shape index (κ3) is 9.36. The van der Waals surface area contributed by atoms with Gasteiger partial charge >= 0.3 is 6.09 Å². The largest absolute Gasteiger partial charge is 0.444 e. The number of Topliss-reactive ketones (excluding diaryl/α,β-unsaturated/α-hetero) is 1.